The molecular formula is C17H16F3N3O2S. The molecule has 0 fully saturated rings. The van der Waals surface area contributed by atoms with Gasteiger partial charge < -0.3 is 14.8 Å². The first-order valence-electron chi connectivity index (χ1n) is 7.33. The minimum absolute atomic E-state index is 0.0491. The highest BCUT2D eigenvalue weighted by atomic mass is 32.1. The van der Waals surface area contributed by atoms with Crippen molar-refractivity contribution in [1.82, 2.24) is 5.43 Å². The molecule has 0 saturated heterocycles. The third kappa shape index (κ3) is 5.35. The lowest BCUT2D eigenvalue weighted by atomic mass is 10.2. The van der Waals surface area contributed by atoms with E-state index >= 15 is 0 Å². The Morgan fingerprint density at radius 3 is 2.54 bits per heavy atom. The SMILES string of the molecule is COc1ccc(/C=N\NC(=S)Nc2cccc(C(F)(F)F)c2)c(OC)c1. The van der Waals surface area contributed by atoms with Crippen molar-refractivity contribution in [2.45, 2.75) is 6.18 Å². The predicted octanol–water partition coefficient (Wildman–Crippen LogP) is 4.04. The first-order chi connectivity index (χ1) is 12.3. The first-order valence-corrected chi connectivity index (χ1v) is 7.73. The summed E-state index contributed by atoms with van der Waals surface area (Å²) in [6.45, 7) is 0. The minimum atomic E-state index is -4.42. The van der Waals surface area contributed by atoms with Crippen LogP contribution in [-0.2, 0) is 6.18 Å². The molecule has 0 unspecified atom stereocenters. The van der Waals surface area contributed by atoms with Crippen molar-refractivity contribution in [2.75, 3.05) is 19.5 Å². The van der Waals surface area contributed by atoms with E-state index in [0.29, 0.717) is 17.1 Å². The summed E-state index contributed by atoms with van der Waals surface area (Å²) in [7, 11) is 3.06. The fourth-order valence-electron chi connectivity index (χ4n) is 2.02. The Balaban J connectivity index is 2.00. The molecule has 0 aliphatic heterocycles. The minimum Gasteiger partial charge on any atom is -0.497 e. The number of ether oxygens (including phenoxy) is 2. The van der Waals surface area contributed by atoms with Gasteiger partial charge in [-0.3, -0.25) is 5.43 Å². The van der Waals surface area contributed by atoms with Gasteiger partial charge in [0.05, 0.1) is 26.0 Å². The maximum atomic E-state index is 12.7. The van der Waals surface area contributed by atoms with Crippen LogP contribution in [0, 0.1) is 0 Å². The van der Waals surface area contributed by atoms with Gasteiger partial charge in [-0.2, -0.15) is 18.3 Å². The molecule has 138 valence electrons. The Labute approximate surface area is 153 Å². The molecule has 0 radical (unpaired) electrons. The zero-order chi connectivity index (χ0) is 19.2. The van der Waals surface area contributed by atoms with Gasteiger partial charge >= 0.3 is 6.18 Å². The van der Waals surface area contributed by atoms with E-state index in [-0.39, 0.29) is 10.8 Å². The Hall–Kier alpha value is -2.81. The average molecular weight is 383 g/mol. The number of alkyl halides is 3. The second kappa shape index (κ2) is 8.52. The van der Waals surface area contributed by atoms with Crippen LogP contribution in [0.4, 0.5) is 18.9 Å². The van der Waals surface area contributed by atoms with Crippen LogP contribution < -0.4 is 20.2 Å². The highest BCUT2D eigenvalue weighted by molar-refractivity contribution is 7.80. The van der Waals surface area contributed by atoms with Crippen molar-refractivity contribution in [2.24, 2.45) is 5.10 Å². The normalized spacial score (nSPS) is 11.3. The number of hydrazone groups is 1. The van der Waals surface area contributed by atoms with E-state index < -0.39 is 11.7 Å². The van der Waals surface area contributed by atoms with Gasteiger partial charge in [-0.05, 0) is 42.5 Å². The van der Waals surface area contributed by atoms with Crippen molar-refractivity contribution in [3.05, 3.63) is 53.6 Å². The maximum Gasteiger partial charge on any atom is 0.416 e. The van der Waals surface area contributed by atoms with Crippen LogP contribution in [0.15, 0.2) is 47.6 Å². The lowest BCUT2D eigenvalue weighted by molar-refractivity contribution is -0.137. The van der Waals surface area contributed by atoms with Gasteiger partial charge in [0.25, 0.3) is 0 Å². The lowest BCUT2D eigenvalue weighted by Crippen LogP contribution is -2.24. The highest BCUT2D eigenvalue weighted by Gasteiger charge is 2.30. The standard InChI is InChI=1S/C17H16F3N3O2S/c1-24-14-7-6-11(15(9-14)25-2)10-21-23-16(26)22-13-5-3-4-12(8-13)17(18,19)20/h3-10H,1-2H3,(H2,22,23,26)/b21-10-. The smallest absolute Gasteiger partial charge is 0.416 e. The molecule has 26 heavy (non-hydrogen) atoms. The van der Waals surface area contributed by atoms with E-state index in [4.69, 9.17) is 21.7 Å². The predicted molar refractivity (Wildman–Crippen MR) is 97.9 cm³/mol. The van der Waals surface area contributed by atoms with Crippen LogP contribution in [0.5, 0.6) is 11.5 Å². The van der Waals surface area contributed by atoms with E-state index in [1.165, 1.54) is 25.5 Å². The van der Waals surface area contributed by atoms with E-state index in [1.807, 2.05) is 0 Å². The molecule has 0 spiro atoms. The number of thiocarbonyl (C=S) groups is 1. The van der Waals surface area contributed by atoms with Crippen molar-refractivity contribution in [3.63, 3.8) is 0 Å². The summed E-state index contributed by atoms with van der Waals surface area (Å²) in [6, 6.07) is 9.88. The molecule has 2 N–H and O–H groups in total. The van der Waals surface area contributed by atoms with E-state index in [2.05, 4.69) is 15.8 Å². The second-order valence-corrected chi connectivity index (χ2v) is 5.42. The first kappa shape index (κ1) is 19.5. The van der Waals surface area contributed by atoms with Crippen LogP contribution in [0.1, 0.15) is 11.1 Å². The second-order valence-electron chi connectivity index (χ2n) is 5.01. The van der Waals surface area contributed by atoms with Crippen molar-refractivity contribution >= 4 is 29.2 Å². The van der Waals surface area contributed by atoms with Crippen molar-refractivity contribution in [3.8, 4) is 11.5 Å². The summed E-state index contributed by atoms with van der Waals surface area (Å²) in [5, 5.41) is 6.64. The van der Waals surface area contributed by atoms with E-state index in [1.54, 1.807) is 25.3 Å². The van der Waals surface area contributed by atoms with Crippen molar-refractivity contribution in [1.29, 1.82) is 0 Å². The number of hydrogen-bond donors (Lipinski definition) is 2. The van der Waals surface area contributed by atoms with E-state index in [0.717, 1.165) is 12.1 Å². The van der Waals surface area contributed by atoms with Crippen LogP contribution >= 0.6 is 12.2 Å². The van der Waals surface area contributed by atoms with Crippen molar-refractivity contribution < 1.29 is 22.6 Å². The summed E-state index contributed by atoms with van der Waals surface area (Å²) in [6.07, 6.45) is -2.95. The molecule has 0 amide bonds. The van der Waals surface area contributed by atoms with Gasteiger partial charge in [-0.25, -0.2) is 0 Å². The van der Waals surface area contributed by atoms with Crippen LogP contribution in [0.3, 0.4) is 0 Å². The Morgan fingerprint density at radius 1 is 1.12 bits per heavy atom. The molecule has 2 aromatic carbocycles. The molecule has 0 atom stereocenters. The van der Waals surface area contributed by atoms with Crippen LogP contribution in [0.2, 0.25) is 0 Å². The summed E-state index contributed by atoms with van der Waals surface area (Å²) in [4.78, 5) is 0. The third-order valence-electron chi connectivity index (χ3n) is 3.26. The quantitative estimate of drug-likeness (QED) is 0.464. The van der Waals surface area contributed by atoms with Gasteiger partial charge in [-0.15, -0.1) is 0 Å². The Bertz CT molecular complexity index is 810. The molecule has 0 aliphatic carbocycles. The lowest BCUT2D eigenvalue weighted by Gasteiger charge is -2.11. The summed E-state index contributed by atoms with van der Waals surface area (Å²) in [5.41, 5.74) is 2.65. The number of benzene rings is 2. The number of hydrogen-bond acceptors (Lipinski definition) is 4. The highest BCUT2D eigenvalue weighted by Crippen LogP contribution is 2.30. The Kier molecular flexibility index (Phi) is 6.40. The number of nitrogens with zero attached hydrogens (tertiary/aromatic N) is 1. The Morgan fingerprint density at radius 2 is 1.88 bits per heavy atom. The van der Waals surface area contributed by atoms with Crippen LogP contribution in [-0.4, -0.2) is 25.5 Å². The van der Waals surface area contributed by atoms with Gasteiger partial charge in [-0.1, -0.05) is 6.07 Å². The maximum absolute atomic E-state index is 12.7. The fourth-order valence-corrected chi connectivity index (χ4v) is 2.19. The third-order valence-corrected chi connectivity index (χ3v) is 3.45. The molecular weight excluding hydrogens is 367 g/mol. The monoisotopic (exact) mass is 383 g/mol. The molecule has 9 heteroatoms. The fraction of sp³-hybridized carbons (Fsp3) is 0.176. The van der Waals surface area contributed by atoms with E-state index in [9.17, 15) is 13.2 Å². The number of halogens is 3. The molecule has 0 heterocycles. The van der Waals surface area contributed by atoms with Gasteiger partial charge in [0, 0.05) is 17.3 Å². The van der Waals surface area contributed by atoms with Gasteiger partial charge in [0.15, 0.2) is 5.11 Å². The zero-order valence-electron chi connectivity index (χ0n) is 13.9. The molecule has 0 bridgehead atoms. The largest absolute Gasteiger partial charge is 0.497 e. The number of nitrogens with one attached hydrogen (secondary N) is 2. The molecule has 0 saturated carbocycles. The molecule has 2 aromatic rings. The summed E-state index contributed by atoms with van der Waals surface area (Å²) in [5.74, 6) is 1.18. The molecule has 5 nitrogen and oxygen atoms in total. The molecule has 2 rings (SSSR count). The average Bonchev–Trinajstić information content (AvgIpc) is 2.61. The zero-order valence-corrected chi connectivity index (χ0v) is 14.7. The van der Waals surface area contributed by atoms with Crippen LogP contribution in [0.25, 0.3) is 0 Å². The molecule has 0 aromatic heterocycles. The topological polar surface area (TPSA) is 54.9 Å². The number of anilines is 1. The summed E-state index contributed by atoms with van der Waals surface area (Å²) >= 11 is 5.02. The van der Waals surface area contributed by atoms with Gasteiger partial charge in [0.1, 0.15) is 11.5 Å². The number of methoxy groups -OCH3 is 2. The van der Waals surface area contributed by atoms with Gasteiger partial charge in [0.2, 0.25) is 0 Å². The number of rotatable bonds is 5. The summed E-state index contributed by atoms with van der Waals surface area (Å²) < 4.78 is 48.4. The molecule has 0 aliphatic rings.